The molecule has 2 amide bonds. The number of hydrogen-bond donors (Lipinski definition) is 1. The first-order chi connectivity index (χ1) is 15.1. The lowest BCUT2D eigenvalue weighted by molar-refractivity contribution is -0.129. The predicted molar refractivity (Wildman–Crippen MR) is 117 cm³/mol. The molecule has 2 aliphatic heterocycles. The smallest absolute Gasteiger partial charge is 0.246 e. The van der Waals surface area contributed by atoms with Crippen LogP contribution < -0.4 is 19.7 Å². The van der Waals surface area contributed by atoms with Gasteiger partial charge in [-0.15, -0.1) is 0 Å². The van der Waals surface area contributed by atoms with Crippen LogP contribution in [0.4, 0.5) is 11.4 Å². The number of nitrogens with zero attached hydrogens (tertiary/aromatic N) is 2. The minimum atomic E-state index is -0.268. The minimum Gasteiger partial charge on any atom is -0.454 e. The second kappa shape index (κ2) is 9.53. The maximum Gasteiger partial charge on any atom is 0.246 e. The van der Waals surface area contributed by atoms with Crippen LogP contribution >= 0.6 is 0 Å². The maximum atomic E-state index is 12.3. The summed E-state index contributed by atoms with van der Waals surface area (Å²) >= 11 is 0. The van der Waals surface area contributed by atoms with Gasteiger partial charge in [-0.2, -0.15) is 0 Å². The largest absolute Gasteiger partial charge is 0.454 e. The molecule has 0 radical (unpaired) electrons. The molecule has 0 atom stereocenters. The number of carbonyl (C=O) groups is 2. The number of ether oxygens (including phenoxy) is 3. The van der Waals surface area contributed by atoms with Crippen molar-refractivity contribution in [3.63, 3.8) is 0 Å². The summed E-state index contributed by atoms with van der Waals surface area (Å²) in [7, 11) is 1.59. The van der Waals surface area contributed by atoms with Crippen molar-refractivity contribution in [3.8, 4) is 11.5 Å². The number of hydrogen-bond acceptors (Lipinski definition) is 6. The number of anilines is 2. The van der Waals surface area contributed by atoms with Crippen LogP contribution in [-0.4, -0.2) is 63.4 Å². The zero-order valence-electron chi connectivity index (χ0n) is 17.4. The van der Waals surface area contributed by atoms with E-state index in [1.165, 1.54) is 11.0 Å². The van der Waals surface area contributed by atoms with Gasteiger partial charge in [0.2, 0.25) is 18.6 Å². The maximum absolute atomic E-state index is 12.3. The van der Waals surface area contributed by atoms with E-state index in [1.807, 2.05) is 30.3 Å². The van der Waals surface area contributed by atoms with Gasteiger partial charge >= 0.3 is 0 Å². The SMILES string of the molecule is CN(CC(=O)Nc1ccc(N2CCOCC2)cc1)C(=O)/C=C/c1ccc2c(c1)OCO2. The standard InChI is InChI=1S/C23H25N3O5/c1-25(23(28)9-3-17-2-8-20-21(14-17)31-16-30-20)15-22(27)24-18-4-6-19(7-5-18)26-10-12-29-13-11-26/h2-9,14H,10-13,15-16H2,1H3,(H,24,27)/b9-3+. The topological polar surface area (TPSA) is 80.3 Å². The van der Waals surface area contributed by atoms with Crippen LogP contribution in [0.3, 0.4) is 0 Å². The first-order valence-corrected chi connectivity index (χ1v) is 10.1. The van der Waals surface area contributed by atoms with Crippen molar-refractivity contribution >= 4 is 29.3 Å². The van der Waals surface area contributed by atoms with Crippen molar-refractivity contribution in [2.24, 2.45) is 0 Å². The molecule has 1 N–H and O–H groups in total. The van der Waals surface area contributed by atoms with E-state index in [0.717, 1.165) is 37.6 Å². The molecule has 1 fully saturated rings. The summed E-state index contributed by atoms with van der Waals surface area (Å²) in [5.41, 5.74) is 2.61. The molecule has 1 saturated heterocycles. The molecule has 31 heavy (non-hydrogen) atoms. The Balaban J connectivity index is 1.27. The third-order valence-corrected chi connectivity index (χ3v) is 5.10. The summed E-state index contributed by atoms with van der Waals surface area (Å²) < 4.78 is 16.0. The Morgan fingerprint density at radius 1 is 1.06 bits per heavy atom. The number of carbonyl (C=O) groups excluding carboxylic acids is 2. The third kappa shape index (κ3) is 5.35. The van der Waals surface area contributed by atoms with E-state index in [9.17, 15) is 9.59 Å². The van der Waals surface area contributed by atoms with Gasteiger partial charge in [0.1, 0.15) is 0 Å². The Labute approximate surface area is 181 Å². The molecule has 0 bridgehead atoms. The highest BCUT2D eigenvalue weighted by molar-refractivity contribution is 5.98. The number of nitrogens with one attached hydrogen (secondary N) is 1. The second-order valence-electron chi connectivity index (χ2n) is 7.33. The molecule has 4 rings (SSSR count). The van der Waals surface area contributed by atoms with E-state index in [0.29, 0.717) is 17.2 Å². The molecule has 2 aromatic rings. The van der Waals surface area contributed by atoms with E-state index in [2.05, 4.69) is 10.2 Å². The number of benzene rings is 2. The molecule has 2 aliphatic rings. The monoisotopic (exact) mass is 423 g/mol. The Morgan fingerprint density at radius 2 is 1.81 bits per heavy atom. The average molecular weight is 423 g/mol. The van der Waals surface area contributed by atoms with Crippen molar-refractivity contribution in [2.75, 3.05) is 56.9 Å². The predicted octanol–water partition coefficient (Wildman–Crippen LogP) is 2.36. The molecule has 0 spiro atoms. The fraction of sp³-hybridized carbons (Fsp3) is 0.304. The summed E-state index contributed by atoms with van der Waals surface area (Å²) in [5, 5.41) is 2.83. The highest BCUT2D eigenvalue weighted by atomic mass is 16.7. The number of morpholine rings is 1. The molecule has 2 heterocycles. The van der Waals surface area contributed by atoms with Gasteiger partial charge in [0.15, 0.2) is 11.5 Å². The summed E-state index contributed by atoms with van der Waals surface area (Å²) in [5.74, 6) is 0.819. The van der Waals surface area contributed by atoms with Crippen molar-refractivity contribution < 1.29 is 23.8 Å². The van der Waals surface area contributed by atoms with Gasteiger partial charge in [0.25, 0.3) is 0 Å². The lowest BCUT2D eigenvalue weighted by Crippen LogP contribution is -2.36. The molecule has 8 nitrogen and oxygen atoms in total. The van der Waals surface area contributed by atoms with E-state index in [1.54, 1.807) is 25.3 Å². The number of likely N-dealkylation sites (N-methyl/N-ethyl adjacent to an activating group) is 1. The second-order valence-corrected chi connectivity index (χ2v) is 7.33. The Kier molecular flexibility index (Phi) is 6.37. The fourth-order valence-electron chi connectivity index (χ4n) is 3.38. The van der Waals surface area contributed by atoms with Gasteiger partial charge in [-0.1, -0.05) is 6.07 Å². The Morgan fingerprint density at radius 3 is 2.58 bits per heavy atom. The molecule has 0 aliphatic carbocycles. The van der Waals surface area contributed by atoms with E-state index in [-0.39, 0.29) is 25.2 Å². The van der Waals surface area contributed by atoms with Crippen molar-refractivity contribution in [3.05, 3.63) is 54.1 Å². The summed E-state index contributed by atoms with van der Waals surface area (Å²) in [4.78, 5) is 28.3. The van der Waals surface area contributed by atoms with E-state index >= 15 is 0 Å². The highest BCUT2D eigenvalue weighted by Gasteiger charge is 2.14. The van der Waals surface area contributed by atoms with Gasteiger partial charge in [0, 0.05) is 37.6 Å². The van der Waals surface area contributed by atoms with Gasteiger partial charge in [-0.25, -0.2) is 0 Å². The minimum absolute atomic E-state index is 0.0461. The Hall–Kier alpha value is -3.52. The molecule has 162 valence electrons. The van der Waals surface area contributed by atoms with Gasteiger partial charge in [-0.05, 0) is 48.0 Å². The van der Waals surface area contributed by atoms with E-state index < -0.39 is 0 Å². The molecular formula is C23H25N3O5. The molecular weight excluding hydrogens is 398 g/mol. The van der Waals surface area contributed by atoms with E-state index in [4.69, 9.17) is 14.2 Å². The number of rotatable bonds is 6. The number of fused-ring (bicyclic) bond motifs is 1. The quantitative estimate of drug-likeness (QED) is 0.719. The van der Waals surface area contributed by atoms with Crippen LogP contribution in [-0.2, 0) is 14.3 Å². The normalized spacial score (nSPS) is 15.2. The van der Waals surface area contributed by atoms with Crippen LogP contribution in [0.15, 0.2) is 48.5 Å². The van der Waals surface area contributed by atoms with Crippen LogP contribution in [0.5, 0.6) is 11.5 Å². The summed E-state index contributed by atoms with van der Waals surface area (Å²) in [6.45, 7) is 3.32. The average Bonchev–Trinajstić information content (AvgIpc) is 3.26. The van der Waals surface area contributed by atoms with Crippen LogP contribution in [0.2, 0.25) is 0 Å². The van der Waals surface area contributed by atoms with Crippen molar-refractivity contribution in [2.45, 2.75) is 0 Å². The summed E-state index contributed by atoms with van der Waals surface area (Å²) in [6, 6.07) is 13.1. The summed E-state index contributed by atoms with van der Waals surface area (Å²) in [6.07, 6.45) is 3.12. The molecule has 0 unspecified atom stereocenters. The molecule has 2 aromatic carbocycles. The highest BCUT2D eigenvalue weighted by Crippen LogP contribution is 2.32. The third-order valence-electron chi connectivity index (χ3n) is 5.10. The van der Waals surface area contributed by atoms with Gasteiger partial charge in [0.05, 0.1) is 19.8 Å². The zero-order valence-corrected chi connectivity index (χ0v) is 17.4. The van der Waals surface area contributed by atoms with Crippen molar-refractivity contribution in [1.82, 2.24) is 4.90 Å². The van der Waals surface area contributed by atoms with Crippen LogP contribution in [0, 0.1) is 0 Å². The lowest BCUT2D eigenvalue weighted by Gasteiger charge is -2.28. The first-order valence-electron chi connectivity index (χ1n) is 10.1. The van der Waals surface area contributed by atoms with Crippen LogP contribution in [0.1, 0.15) is 5.56 Å². The first kappa shape index (κ1) is 20.7. The lowest BCUT2D eigenvalue weighted by atomic mass is 10.2. The fourth-order valence-corrected chi connectivity index (χ4v) is 3.38. The van der Waals surface area contributed by atoms with Gasteiger partial charge < -0.3 is 29.3 Å². The molecule has 0 saturated carbocycles. The Bertz CT molecular complexity index is 968. The molecule has 0 aromatic heterocycles. The van der Waals surface area contributed by atoms with Crippen molar-refractivity contribution in [1.29, 1.82) is 0 Å². The molecule has 8 heteroatoms. The zero-order chi connectivity index (χ0) is 21.6. The number of amides is 2. The van der Waals surface area contributed by atoms with Gasteiger partial charge in [-0.3, -0.25) is 9.59 Å². The van der Waals surface area contributed by atoms with Crippen LogP contribution in [0.25, 0.3) is 6.08 Å².